The maximum Gasteiger partial charge on any atom is 0.247 e. The van der Waals surface area contributed by atoms with E-state index in [1.54, 1.807) is 0 Å². The summed E-state index contributed by atoms with van der Waals surface area (Å²) in [4.78, 5) is 0. The molecule has 1 heterocycles. The van der Waals surface area contributed by atoms with Gasteiger partial charge in [0.15, 0.2) is 0 Å². The highest BCUT2D eigenvalue weighted by molar-refractivity contribution is 6.30. The Bertz CT molecular complexity index is 1020. The molecule has 0 aliphatic carbocycles. The van der Waals surface area contributed by atoms with Crippen LogP contribution in [0.2, 0.25) is 5.02 Å². The maximum atomic E-state index is 6.21. The molecule has 1 aromatic heterocycles. The predicted molar refractivity (Wildman–Crippen MR) is 111 cm³/mol. The number of benzene rings is 3. The summed E-state index contributed by atoms with van der Waals surface area (Å²) in [6, 6.07) is 27.6. The van der Waals surface area contributed by atoms with Gasteiger partial charge in [0.1, 0.15) is 6.04 Å². The van der Waals surface area contributed by atoms with Crippen molar-refractivity contribution >= 4 is 11.6 Å². The second kappa shape index (κ2) is 8.83. The number of halogens is 1. The minimum atomic E-state index is -0.229. The minimum Gasteiger partial charge on any atom is -0.419 e. The monoisotopic (exact) mass is 389 g/mol. The van der Waals surface area contributed by atoms with Crippen LogP contribution in [0.5, 0.6) is 0 Å². The zero-order valence-corrected chi connectivity index (χ0v) is 16.0. The van der Waals surface area contributed by atoms with Gasteiger partial charge in [0.05, 0.1) is 0 Å². The summed E-state index contributed by atoms with van der Waals surface area (Å²) in [5.74, 6) is 1.03. The second-order valence-corrected chi connectivity index (χ2v) is 6.93. The fourth-order valence-electron chi connectivity index (χ4n) is 3.09. The summed E-state index contributed by atoms with van der Waals surface area (Å²) in [5.41, 5.74) is 3.16. The fourth-order valence-corrected chi connectivity index (χ4v) is 3.29. The number of aromatic nitrogens is 2. The molecule has 0 radical (unpaired) electrons. The van der Waals surface area contributed by atoms with E-state index in [0.29, 0.717) is 16.8 Å². The van der Waals surface area contributed by atoms with Crippen LogP contribution >= 0.6 is 11.6 Å². The van der Waals surface area contributed by atoms with Crippen molar-refractivity contribution in [3.8, 4) is 11.5 Å². The Kier molecular flexibility index (Phi) is 5.80. The normalized spacial score (nSPS) is 12.0. The molecule has 5 heteroatoms. The summed E-state index contributed by atoms with van der Waals surface area (Å²) >= 11 is 6.21. The third-order valence-corrected chi connectivity index (χ3v) is 4.73. The Morgan fingerprint density at radius 2 is 1.61 bits per heavy atom. The number of nitrogens with one attached hydrogen (secondary N) is 1. The standard InChI is InChI=1S/C23H20ClN3O/c24-20-13-7-12-19(16-20)21(25-15-14-17-8-3-1-4-9-17)23-27-26-22(28-23)18-10-5-2-6-11-18/h1-13,16,21,25H,14-15H2/t21-/m1/s1. The van der Waals surface area contributed by atoms with Gasteiger partial charge in [-0.2, -0.15) is 0 Å². The topological polar surface area (TPSA) is 51.0 Å². The van der Waals surface area contributed by atoms with Gasteiger partial charge in [-0.25, -0.2) is 0 Å². The molecule has 0 aliphatic heterocycles. The molecule has 0 fully saturated rings. The largest absolute Gasteiger partial charge is 0.419 e. The Morgan fingerprint density at radius 1 is 0.857 bits per heavy atom. The summed E-state index contributed by atoms with van der Waals surface area (Å²) in [7, 11) is 0. The summed E-state index contributed by atoms with van der Waals surface area (Å²) in [6.45, 7) is 0.768. The molecule has 0 unspecified atom stereocenters. The molecular formula is C23H20ClN3O. The van der Waals surface area contributed by atoms with Gasteiger partial charge in [0, 0.05) is 17.1 Å². The summed E-state index contributed by atoms with van der Waals surface area (Å²) < 4.78 is 6.00. The Morgan fingerprint density at radius 3 is 2.36 bits per heavy atom. The first kappa shape index (κ1) is 18.4. The molecule has 1 N–H and O–H groups in total. The van der Waals surface area contributed by atoms with Crippen LogP contribution in [0.25, 0.3) is 11.5 Å². The van der Waals surface area contributed by atoms with E-state index in [9.17, 15) is 0 Å². The predicted octanol–water partition coefficient (Wildman–Crippen LogP) is 5.31. The highest BCUT2D eigenvalue weighted by Crippen LogP contribution is 2.26. The van der Waals surface area contributed by atoms with Crippen molar-refractivity contribution in [2.75, 3.05) is 6.54 Å². The molecule has 4 aromatic rings. The van der Waals surface area contributed by atoms with E-state index < -0.39 is 0 Å². The van der Waals surface area contributed by atoms with Crippen LogP contribution in [0.1, 0.15) is 23.1 Å². The molecule has 140 valence electrons. The van der Waals surface area contributed by atoms with Crippen LogP contribution in [0, 0.1) is 0 Å². The molecular weight excluding hydrogens is 370 g/mol. The highest BCUT2D eigenvalue weighted by atomic mass is 35.5. The van der Waals surface area contributed by atoms with Crippen molar-refractivity contribution in [3.05, 3.63) is 107 Å². The zero-order chi connectivity index (χ0) is 19.2. The lowest BCUT2D eigenvalue weighted by Gasteiger charge is -2.16. The lowest BCUT2D eigenvalue weighted by molar-refractivity contribution is 0.440. The Hall–Kier alpha value is -2.95. The molecule has 0 aliphatic rings. The van der Waals surface area contributed by atoms with E-state index >= 15 is 0 Å². The number of nitrogens with zero attached hydrogens (tertiary/aromatic N) is 2. The van der Waals surface area contributed by atoms with Crippen LogP contribution in [-0.2, 0) is 6.42 Å². The molecule has 4 nitrogen and oxygen atoms in total. The van der Waals surface area contributed by atoms with Crippen molar-refractivity contribution in [3.63, 3.8) is 0 Å². The van der Waals surface area contributed by atoms with Gasteiger partial charge in [-0.05, 0) is 41.8 Å². The Labute approximate surface area is 169 Å². The van der Waals surface area contributed by atoms with Gasteiger partial charge in [0.25, 0.3) is 0 Å². The molecule has 0 saturated heterocycles. The van der Waals surface area contributed by atoms with Crippen LogP contribution in [-0.4, -0.2) is 16.7 Å². The van der Waals surface area contributed by atoms with E-state index in [0.717, 1.165) is 24.1 Å². The second-order valence-electron chi connectivity index (χ2n) is 6.49. The molecule has 0 bridgehead atoms. The smallest absolute Gasteiger partial charge is 0.247 e. The van der Waals surface area contributed by atoms with E-state index in [1.807, 2.05) is 72.8 Å². The van der Waals surface area contributed by atoms with Crippen molar-refractivity contribution in [1.82, 2.24) is 15.5 Å². The minimum absolute atomic E-state index is 0.229. The first-order chi connectivity index (χ1) is 13.8. The van der Waals surface area contributed by atoms with Crippen LogP contribution in [0.4, 0.5) is 0 Å². The van der Waals surface area contributed by atoms with E-state index in [1.165, 1.54) is 5.56 Å². The average Bonchev–Trinajstić information content (AvgIpc) is 3.22. The molecule has 4 rings (SSSR count). The van der Waals surface area contributed by atoms with Crippen LogP contribution in [0.15, 0.2) is 89.3 Å². The SMILES string of the molecule is Clc1cccc([C@@H](NCCc2ccccc2)c2nnc(-c3ccccc3)o2)c1. The lowest BCUT2D eigenvalue weighted by atomic mass is 10.1. The highest BCUT2D eigenvalue weighted by Gasteiger charge is 2.21. The van der Waals surface area contributed by atoms with E-state index in [2.05, 4.69) is 27.6 Å². The van der Waals surface area contributed by atoms with Gasteiger partial charge in [-0.3, -0.25) is 0 Å². The molecule has 0 saturated carbocycles. The number of hydrogen-bond donors (Lipinski definition) is 1. The molecule has 0 amide bonds. The quantitative estimate of drug-likeness (QED) is 0.465. The number of hydrogen-bond acceptors (Lipinski definition) is 4. The maximum absolute atomic E-state index is 6.21. The molecule has 28 heavy (non-hydrogen) atoms. The first-order valence-electron chi connectivity index (χ1n) is 9.21. The zero-order valence-electron chi connectivity index (χ0n) is 15.3. The third-order valence-electron chi connectivity index (χ3n) is 4.50. The van der Waals surface area contributed by atoms with Crippen molar-refractivity contribution < 1.29 is 4.42 Å². The van der Waals surface area contributed by atoms with E-state index in [-0.39, 0.29) is 6.04 Å². The van der Waals surface area contributed by atoms with E-state index in [4.69, 9.17) is 16.0 Å². The van der Waals surface area contributed by atoms with Gasteiger partial charge in [0.2, 0.25) is 11.8 Å². The number of rotatable bonds is 7. The van der Waals surface area contributed by atoms with Crippen molar-refractivity contribution in [1.29, 1.82) is 0 Å². The van der Waals surface area contributed by atoms with Gasteiger partial charge < -0.3 is 9.73 Å². The molecule has 3 aromatic carbocycles. The van der Waals surface area contributed by atoms with Crippen molar-refractivity contribution in [2.24, 2.45) is 0 Å². The summed E-state index contributed by atoms with van der Waals surface area (Å²) in [6.07, 6.45) is 0.900. The van der Waals surface area contributed by atoms with Gasteiger partial charge in [-0.15, -0.1) is 10.2 Å². The van der Waals surface area contributed by atoms with Crippen LogP contribution < -0.4 is 5.32 Å². The molecule has 1 atom stereocenters. The Balaban J connectivity index is 1.57. The first-order valence-corrected chi connectivity index (χ1v) is 9.59. The van der Waals surface area contributed by atoms with Crippen molar-refractivity contribution in [2.45, 2.75) is 12.5 Å². The fraction of sp³-hybridized carbons (Fsp3) is 0.130. The summed E-state index contributed by atoms with van der Waals surface area (Å²) in [5, 5.41) is 12.7. The average molecular weight is 390 g/mol. The van der Waals surface area contributed by atoms with Gasteiger partial charge in [-0.1, -0.05) is 72.3 Å². The lowest BCUT2D eigenvalue weighted by Crippen LogP contribution is -2.25. The molecule has 0 spiro atoms. The van der Waals surface area contributed by atoms with Gasteiger partial charge >= 0.3 is 0 Å². The third kappa shape index (κ3) is 4.47. The van der Waals surface area contributed by atoms with Crippen LogP contribution in [0.3, 0.4) is 0 Å².